The number of aliphatic imine (C=N–C) groups is 1. The second-order valence-corrected chi connectivity index (χ2v) is 12.3. The van der Waals surface area contributed by atoms with Gasteiger partial charge in [-0.05, 0) is 67.8 Å². The van der Waals surface area contributed by atoms with E-state index in [1.807, 2.05) is 36.1 Å². The van der Waals surface area contributed by atoms with Crippen molar-refractivity contribution in [1.82, 2.24) is 25.4 Å². The molecule has 3 heterocycles. The van der Waals surface area contributed by atoms with Crippen LogP contribution in [0.3, 0.4) is 0 Å². The molecule has 260 valence electrons. The lowest BCUT2D eigenvalue weighted by atomic mass is 9.98. The van der Waals surface area contributed by atoms with Crippen LogP contribution in [0.1, 0.15) is 52.5 Å². The molecule has 3 amide bonds. The normalized spacial score (nSPS) is 16.2. The van der Waals surface area contributed by atoms with Crippen molar-refractivity contribution in [2.75, 3.05) is 64.0 Å². The van der Waals surface area contributed by atoms with E-state index in [0.29, 0.717) is 61.6 Å². The minimum Gasteiger partial charge on any atom is -0.398 e. The lowest BCUT2D eigenvalue weighted by Gasteiger charge is -2.29. The van der Waals surface area contributed by atoms with E-state index in [9.17, 15) is 14.4 Å². The number of anilines is 2. The number of carbonyl (C=O) groups is 3. The van der Waals surface area contributed by atoms with Crippen LogP contribution in [-0.2, 0) is 9.59 Å². The fourth-order valence-electron chi connectivity index (χ4n) is 6.28. The number of nitrogen functional groups attached to an aromatic ring is 1. The molecule has 0 bridgehead atoms. The number of pyridine rings is 1. The fraction of sp³-hybridized carbons (Fsp3) is 0.324. The molecule has 6 N–H and O–H groups in total. The summed E-state index contributed by atoms with van der Waals surface area (Å²) in [6.45, 7) is 4.89. The number of nitrogens with zero attached hydrogens (tertiary/aromatic N) is 5. The van der Waals surface area contributed by atoms with Crippen LogP contribution >= 0.6 is 0 Å². The smallest absolute Gasteiger partial charge is 0.269 e. The summed E-state index contributed by atoms with van der Waals surface area (Å²) in [5.74, 6) is -0.419. The van der Waals surface area contributed by atoms with Crippen molar-refractivity contribution in [3.8, 4) is 0 Å². The van der Waals surface area contributed by atoms with Gasteiger partial charge in [-0.25, -0.2) is 4.99 Å². The minimum absolute atomic E-state index is 0.0314. The highest BCUT2D eigenvalue weighted by molar-refractivity contribution is 6.15. The van der Waals surface area contributed by atoms with Crippen molar-refractivity contribution in [1.29, 1.82) is 10.8 Å². The summed E-state index contributed by atoms with van der Waals surface area (Å²) < 4.78 is 0. The van der Waals surface area contributed by atoms with Crippen LogP contribution in [0, 0.1) is 16.7 Å². The number of hydrogen-bond acceptors (Lipinski definition) is 8. The summed E-state index contributed by atoms with van der Waals surface area (Å²) in [5.41, 5.74) is 11.5. The standard InChI is InChI=1S/C37H44N10O3/c1-4-47(29-9-10-31(38)30(20-29)34(39)27-11-15-43-32(19-27)36(49)42-3)37(50)28-12-16-45(21-28)22-33(48)46-17-13-25(14-18-46)24-5-7-26(8-6-24)35(40)44-23-41-2/h5-11,13,15,19-20,23,28,39H,4,12,14,16-18,21-22,38H2,1-3H3,(H,42,49)(H2,40,41,44)/t28-/m1/s1. The first-order valence-electron chi connectivity index (χ1n) is 16.7. The lowest BCUT2D eigenvalue weighted by molar-refractivity contribution is -0.132. The van der Waals surface area contributed by atoms with Crippen molar-refractivity contribution in [2.24, 2.45) is 10.9 Å². The Morgan fingerprint density at radius 3 is 2.52 bits per heavy atom. The van der Waals surface area contributed by atoms with E-state index in [1.165, 1.54) is 25.2 Å². The zero-order chi connectivity index (χ0) is 35.8. The largest absolute Gasteiger partial charge is 0.398 e. The van der Waals surface area contributed by atoms with E-state index < -0.39 is 0 Å². The molecule has 0 saturated carbocycles. The molecule has 0 unspecified atom stereocenters. The Morgan fingerprint density at radius 2 is 1.84 bits per heavy atom. The molecule has 2 aliphatic heterocycles. The van der Waals surface area contributed by atoms with Gasteiger partial charge in [0, 0.05) is 74.5 Å². The second kappa shape index (κ2) is 16.1. The number of nitrogens with two attached hydrogens (primary N) is 1. The Morgan fingerprint density at radius 1 is 1.06 bits per heavy atom. The third kappa shape index (κ3) is 8.12. The number of likely N-dealkylation sites (tertiary alicyclic amines) is 1. The van der Waals surface area contributed by atoms with Gasteiger partial charge in [0.05, 0.1) is 24.5 Å². The molecule has 13 nitrogen and oxygen atoms in total. The first-order chi connectivity index (χ1) is 24.1. The summed E-state index contributed by atoms with van der Waals surface area (Å²) >= 11 is 0. The monoisotopic (exact) mass is 676 g/mol. The van der Waals surface area contributed by atoms with Crippen molar-refractivity contribution in [2.45, 2.75) is 19.8 Å². The minimum atomic E-state index is -0.355. The van der Waals surface area contributed by atoms with Crippen molar-refractivity contribution in [3.63, 3.8) is 0 Å². The molecular weight excluding hydrogens is 632 g/mol. The predicted molar refractivity (Wildman–Crippen MR) is 197 cm³/mol. The Labute approximate surface area is 292 Å². The highest BCUT2D eigenvalue weighted by Crippen LogP contribution is 2.28. The molecule has 1 atom stereocenters. The molecular formula is C37H44N10O3. The zero-order valence-electron chi connectivity index (χ0n) is 28.7. The summed E-state index contributed by atoms with van der Waals surface area (Å²) in [6.07, 6.45) is 6.44. The number of amidine groups is 1. The number of nitrogens with one attached hydrogen (secondary N) is 4. The van der Waals surface area contributed by atoms with Gasteiger partial charge in [-0.2, -0.15) is 0 Å². The van der Waals surface area contributed by atoms with Gasteiger partial charge < -0.3 is 26.2 Å². The number of aromatic nitrogens is 1. The first-order valence-corrected chi connectivity index (χ1v) is 16.7. The van der Waals surface area contributed by atoms with Gasteiger partial charge in [-0.3, -0.25) is 35.1 Å². The summed E-state index contributed by atoms with van der Waals surface area (Å²) in [6, 6.07) is 16.2. The van der Waals surface area contributed by atoms with Gasteiger partial charge in [-0.15, -0.1) is 0 Å². The summed E-state index contributed by atoms with van der Waals surface area (Å²) in [4.78, 5) is 52.9. The maximum Gasteiger partial charge on any atom is 0.269 e. The van der Waals surface area contributed by atoms with E-state index in [0.717, 1.165) is 17.5 Å². The lowest BCUT2D eigenvalue weighted by Crippen LogP contribution is -2.42. The molecule has 50 heavy (non-hydrogen) atoms. The third-order valence-electron chi connectivity index (χ3n) is 9.10. The highest BCUT2D eigenvalue weighted by Gasteiger charge is 2.33. The summed E-state index contributed by atoms with van der Waals surface area (Å²) in [7, 11) is 3.25. The Bertz CT molecular complexity index is 1840. The van der Waals surface area contributed by atoms with Gasteiger partial charge in [0.2, 0.25) is 11.8 Å². The van der Waals surface area contributed by atoms with E-state index >= 15 is 0 Å². The van der Waals surface area contributed by atoms with Crippen molar-refractivity contribution < 1.29 is 14.4 Å². The quantitative estimate of drug-likeness (QED) is 0.117. The van der Waals surface area contributed by atoms with Crippen molar-refractivity contribution >= 4 is 52.6 Å². The molecule has 5 rings (SSSR count). The zero-order valence-corrected chi connectivity index (χ0v) is 28.7. The van der Waals surface area contributed by atoms with Crippen molar-refractivity contribution in [3.05, 3.63) is 94.8 Å². The van der Waals surface area contributed by atoms with E-state index in [1.54, 1.807) is 42.3 Å². The van der Waals surface area contributed by atoms with Crippen LogP contribution in [0.25, 0.3) is 5.57 Å². The number of benzene rings is 2. The first kappa shape index (κ1) is 35.6. The SMILES string of the molecule is CCN(C(=O)[C@@H]1CCN(CC(=O)N2CC=C(c3ccc(C(=N)/N=C\NC)cc3)CC2)C1)c1ccc(N)c(C(=N)c2ccnc(C(=O)NC)c2)c1. The molecule has 3 aromatic rings. The second-order valence-electron chi connectivity index (χ2n) is 12.3. The molecule has 13 heteroatoms. The molecule has 0 radical (unpaired) electrons. The van der Waals surface area contributed by atoms with Gasteiger partial charge in [-0.1, -0.05) is 30.3 Å². The highest BCUT2D eigenvalue weighted by atomic mass is 16.2. The van der Waals surface area contributed by atoms with Crippen LogP contribution in [0.4, 0.5) is 11.4 Å². The third-order valence-corrected chi connectivity index (χ3v) is 9.10. The molecule has 1 aromatic heterocycles. The van der Waals surface area contributed by atoms with Crippen LogP contribution in [-0.4, -0.2) is 104 Å². The average molecular weight is 677 g/mol. The maximum absolute atomic E-state index is 13.8. The van der Waals surface area contributed by atoms with Gasteiger partial charge >= 0.3 is 0 Å². The predicted octanol–water partition coefficient (Wildman–Crippen LogP) is 3.00. The Balaban J connectivity index is 1.18. The van der Waals surface area contributed by atoms with E-state index in [-0.39, 0.29) is 47.4 Å². The van der Waals surface area contributed by atoms with Crippen LogP contribution in [0.2, 0.25) is 0 Å². The molecule has 0 spiro atoms. The average Bonchev–Trinajstić information content (AvgIpc) is 3.62. The van der Waals surface area contributed by atoms with Gasteiger partial charge in [0.15, 0.2) is 5.84 Å². The number of rotatable bonds is 11. The summed E-state index contributed by atoms with van der Waals surface area (Å²) in [5, 5.41) is 22.2. The number of amides is 3. The topological polar surface area (TPSA) is 184 Å². The van der Waals surface area contributed by atoms with Crippen LogP contribution < -0.4 is 21.3 Å². The molecule has 0 aliphatic carbocycles. The van der Waals surface area contributed by atoms with Gasteiger partial charge in [0.25, 0.3) is 5.91 Å². The molecule has 1 fully saturated rings. The number of carbonyl (C=O) groups excluding carboxylic acids is 3. The molecule has 2 aromatic carbocycles. The van der Waals surface area contributed by atoms with E-state index in [2.05, 4.69) is 31.6 Å². The fourth-order valence-corrected chi connectivity index (χ4v) is 6.28. The van der Waals surface area contributed by atoms with Crippen LogP contribution in [0.5, 0.6) is 0 Å². The van der Waals surface area contributed by atoms with E-state index in [4.69, 9.17) is 16.6 Å². The van der Waals surface area contributed by atoms with Crippen LogP contribution in [0.15, 0.2) is 71.9 Å². The van der Waals surface area contributed by atoms with Gasteiger partial charge in [0.1, 0.15) is 5.69 Å². The molecule has 2 aliphatic rings. The number of hydrogen-bond donors (Lipinski definition) is 5. The molecule has 1 saturated heterocycles. The Kier molecular flexibility index (Phi) is 11.5. The Hall–Kier alpha value is -5.69. The maximum atomic E-state index is 13.8.